The quantitative estimate of drug-likeness (QED) is 0.870. The highest BCUT2D eigenvalue weighted by Gasteiger charge is 2.13. The van der Waals surface area contributed by atoms with Crippen molar-refractivity contribution in [1.29, 1.82) is 0 Å². The van der Waals surface area contributed by atoms with E-state index in [9.17, 15) is 4.79 Å². The van der Waals surface area contributed by atoms with E-state index in [2.05, 4.69) is 25.2 Å². The van der Waals surface area contributed by atoms with Gasteiger partial charge < -0.3 is 9.73 Å². The van der Waals surface area contributed by atoms with Crippen molar-refractivity contribution in [3.05, 3.63) is 34.3 Å². The normalized spacial score (nSPS) is 13.0. The van der Waals surface area contributed by atoms with Crippen molar-refractivity contribution in [2.45, 2.75) is 45.7 Å². The van der Waals surface area contributed by atoms with Crippen LogP contribution in [-0.4, -0.2) is 11.6 Å². The molecule has 0 aliphatic carbocycles. The second-order valence-corrected chi connectivity index (χ2v) is 4.88. The monoisotopic (exact) mass is 262 g/mol. The topological polar surface area (TPSA) is 47.2 Å². The van der Waals surface area contributed by atoms with E-state index in [1.807, 2.05) is 19.2 Å². The van der Waals surface area contributed by atoms with Gasteiger partial charge in [-0.25, -0.2) is 4.79 Å². The largest absolute Gasteiger partial charge is 0.419 e. The molecule has 0 aliphatic heterocycles. The van der Waals surface area contributed by atoms with E-state index < -0.39 is 0 Å². The predicted molar refractivity (Wildman–Crippen MR) is 77.5 cm³/mol. The zero-order valence-corrected chi connectivity index (χ0v) is 11.9. The zero-order chi connectivity index (χ0) is 13.8. The van der Waals surface area contributed by atoms with Crippen LogP contribution in [-0.2, 0) is 6.54 Å². The molecule has 1 N–H and O–H groups in total. The molecular formula is C15H22N2O2. The average Bonchev–Trinajstić information content (AvgIpc) is 2.72. The summed E-state index contributed by atoms with van der Waals surface area (Å²) in [5.74, 6) is -0.259. The third kappa shape index (κ3) is 2.73. The van der Waals surface area contributed by atoms with Crippen LogP contribution in [0.3, 0.4) is 0 Å². The first-order valence-electron chi connectivity index (χ1n) is 7.01. The highest BCUT2D eigenvalue weighted by atomic mass is 16.4. The molecule has 0 aliphatic rings. The molecule has 1 aromatic carbocycles. The lowest BCUT2D eigenvalue weighted by molar-refractivity contribution is 0.501. The summed E-state index contributed by atoms with van der Waals surface area (Å²) in [4.78, 5) is 11.8. The van der Waals surface area contributed by atoms with Crippen LogP contribution in [0.2, 0.25) is 0 Å². The minimum atomic E-state index is -0.259. The van der Waals surface area contributed by atoms with Crippen LogP contribution in [0.1, 0.15) is 44.7 Å². The summed E-state index contributed by atoms with van der Waals surface area (Å²) in [5, 5.41) is 3.30. The van der Waals surface area contributed by atoms with Crippen LogP contribution in [0.5, 0.6) is 0 Å². The van der Waals surface area contributed by atoms with E-state index in [1.165, 1.54) is 5.56 Å². The molecular weight excluding hydrogens is 240 g/mol. The molecule has 0 saturated heterocycles. The fraction of sp³-hybridized carbons (Fsp3) is 0.533. The summed E-state index contributed by atoms with van der Waals surface area (Å²) >= 11 is 0. The summed E-state index contributed by atoms with van der Waals surface area (Å²) in [6, 6.07) is 6.37. The first kappa shape index (κ1) is 13.9. The van der Waals surface area contributed by atoms with Gasteiger partial charge in [-0.15, -0.1) is 0 Å². The summed E-state index contributed by atoms with van der Waals surface area (Å²) in [7, 11) is 1.96. The van der Waals surface area contributed by atoms with Gasteiger partial charge in [0.25, 0.3) is 0 Å². The Hall–Kier alpha value is -1.55. The Morgan fingerprint density at radius 2 is 2.11 bits per heavy atom. The van der Waals surface area contributed by atoms with Crippen molar-refractivity contribution in [2.75, 3.05) is 7.05 Å². The van der Waals surface area contributed by atoms with E-state index >= 15 is 0 Å². The van der Waals surface area contributed by atoms with Gasteiger partial charge in [-0.1, -0.05) is 26.3 Å². The van der Waals surface area contributed by atoms with Gasteiger partial charge in [0.05, 0.1) is 5.52 Å². The van der Waals surface area contributed by atoms with Gasteiger partial charge in [-0.3, -0.25) is 4.57 Å². The van der Waals surface area contributed by atoms with Crippen LogP contribution >= 0.6 is 0 Å². The summed E-state index contributed by atoms with van der Waals surface area (Å²) in [5.41, 5.74) is 2.75. The fourth-order valence-corrected chi connectivity index (χ4v) is 2.50. The number of hydrogen-bond donors (Lipinski definition) is 1. The summed E-state index contributed by atoms with van der Waals surface area (Å²) in [6.45, 7) is 4.92. The van der Waals surface area contributed by atoms with Gasteiger partial charge in [0.2, 0.25) is 0 Å². The average molecular weight is 262 g/mol. The van der Waals surface area contributed by atoms with E-state index in [1.54, 1.807) is 4.57 Å². The molecule has 0 radical (unpaired) electrons. The molecule has 0 bridgehead atoms. The number of nitrogens with zero attached hydrogens (tertiary/aromatic N) is 1. The van der Waals surface area contributed by atoms with E-state index in [-0.39, 0.29) is 5.76 Å². The van der Waals surface area contributed by atoms with Crippen LogP contribution in [0.25, 0.3) is 11.1 Å². The van der Waals surface area contributed by atoms with Crippen LogP contribution in [0, 0.1) is 0 Å². The number of nitrogens with one attached hydrogen (secondary N) is 1. The maximum Gasteiger partial charge on any atom is 0.419 e. The first-order chi connectivity index (χ1) is 9.21. The standard InChI is InChI=1S/C15H22N2O2/c1-4-6-12(16-3)11-7-8-13-14(10-11)19-15(18)17(13)9-5-2/h7-8,10,12,16H,4-6,9H2,1-3H3. The predicted octanol–water partition coefficient (Wildman–Crippen LogP) is 3.07. The van der Waals surface area contributed by atoms with Crippen molar-refractivity contribution in [2.24, 2.45) is 0 Å². The number of aromatic nitrogens is 1. The molecule has 2 rings (SSSR count). The van der Waals surface area contributed by atoms with E-state index in [4.69, 9.17) is 4.42 Å². The number of hydrogen-bond acceptors (Lipinski definition) is 3. The highest BCUT2D eigenvalue weighted by Crippen LogP contribution is 2.23. The number of rotatable bonds is 6. The molecule has 1 atom stereocenters. The zero-order valence-electron chi connectivity index (χ0n) is 11.9. The molecule has 2 aromatic rings. The molecule has 1 unspecified atom stereocenters. The van der Waals surface area contributed by atoms with Crippen molar-refractivity contribution < 1.29 is 4.42 Å². The Morgan fingerprint density at radius 3 is 2.74 bits per heavy atom. The minimum absolute atomic E-state index is 0.259. The lowest BCUT2D eigenvalue weighted by atomic mass is 10.0. The van der Waals surface area contributed by atoms with Gasteiger partial charge >= 0.3 is 5.76 Å². The SMILES string of the molecule is CCCC(NC)c1ccc2c(c1)oc(=O)n2CCC. The third-order valence-corrected chi connectivity index (χ3v) is 3.47. The highest BCUT2D eigenvalue weighted by molar-refractivity contribution is 5.73. The summed E-state index contributed by atoms with van der Waals surface area (Å²) in [6.07, 6.45) is 3.11. The smallest absolute Gasteiger partial charge is 0.408 e. The maximum absolute atomic E-state index is 11.8. The maximum atomic E-state index is 11.8. The Bertz CT molecular complexity index is 598. The molecule has 4 heteroatoms. The molecule has 4 nitrogen and oxygen atoms in total. The van der Waals surface area contributed by atoms with Crippen molar-refractivity contribution in [1.82, 2.24) is 9.88 Å². The van der Waals surface area contributed by atoms with Crippen molar-refractivity contribution in [3.8, 4) is 0 Å². The van der Waals surface area contributed by atoms with Gasteiger partial charge in [0.15, 0.2) is 5.58 Å². The molecule has 1 aromatic heterocycles. The van der Waals surface area contributed by atoms with E-state index in [0.717, 1.165) is 24.8 Å². The Kier molecular flexibility index (Phi) is 4.43. The summed E-state index contributed by atoms with van der Waals surface area (Å²) < 4.78 is 7.05. The lowest BCUT2D eigenvalue weighted by Gasteiger charge is -2.15. The van der Waals surface area contributed by atoms with Gasteiger partial charge in [-0.05, 0) is 37.6 Å². The first-order valence-corrected chi connectivity index (χ1v) is 7.01. The second-order valence-electron chi connectivity index (χ2n) is 4.88. The Labute approximate surface area is 113 Å². The Balaban J connectivity index is 2.44. The number of benzene rings is 1. The molecule has 0 fully saturated rings. The third-order valence-electron chi connectivity index (χ3n) is 3.47. The molecule has 0 amide bonds. The van der Waals surface area contributed by atoms with Gasteiger partial charge in [0, 0.05) is 12.6 Å². The molecule has 19 heavy (non-hydrogen) atoms. The molecule has 0 saturated carbocycles. The van der Waals surface area contributed by atoms with Crippen LogP contribution < -0.4 is 11.1 Å². The number of oxazole rings is 1. The van der Waals surface area contributed by atoms with Crippen LogP contribution in [0.15, 0.2) is 27.4 Å². The lowest BCUT2D eigenvalue weighted by Crippen LogP contribution is -2.16. The number of aryl methyl sites for hydroxylation is 1. The van der Waals surface area contributed by atoms with Crippen LogP contribution in [0.4, 0.5) is 0 Å². The molecule has 1 heterocycles. The number of fused-ring (bicyclic) bond motifs is 1. The minimum Gasteiger partial charge on any atom is -0.408 e. The Morgan fingerprint density at radius 1 is 1.32 bits per heavy atom. The molecule has 104 valence electrons. The second kappa shape index (κ2) is 6.06. The molecule has 0 spiro atoms. The fourth-order valence-electron chi connectivity index (χ4n) is 2.50. The van der Waals surface area contributed by atoms with E-state index in [0.29, 0.717) is 18.2 Å². The van der Waals surface area contributed by atoms with Crippen molar-refractivity contribution >= 4 is 11.1 Å². The van der Waals surface area contributed by atoms with Crippen molar-refractivity contribution in [3.63, 3.8) is 0 Å². The van der Waals surface area contributed by atoms with Gasteiger partial charge in [0.1, 0.15) is 0 Å². The van der Waals surface area contributed by atoms with Gasteiger partial charge in [-0.2, -0.15) is 0 Å².